The van der Waals surface area contributed by atoms with Crippen molar-refractivity contribution in [3.8, 4) is 0 Å². The van der Waals surface area contributed by atoms with E-state index in [2.05, 4.69) is 22.3 Å². The Morgan fingerprint density at radius 1 is 1.04 bits per heavy atom. The molecule has 2 aliphatic heterocycles. The lowest BCUT2D eigenvalue weighted by Crippen LogP contribution is -2.42. The highest BCUT2D eigenvalue weighted by molar-refractivity contribution is 5.94. The number of carbonyl (C=O) groups excluding carboxylic acids is 2. The quantitative estimate of drug-likeness (QED) is 0.870. The largest absolute Gasteiger partial charge is 0.352 e. The molecule has 2 amide bonds. The summed E-state index contributed by atoms with van der Waals surface area (Å²) in [7, 11) is 0. The van der Waals surface area contributed by atoms with Gasteiger partial charge >= 0.3 is 0 Å². The number of hydrogen-bond acceptors (Lipinski definition) is 3. The van der Waals surface area contributed by atoms with E-state index in [9.17, 15) is 9.59 Å². The summed E-state index contributed by atoms with van der Waals surface area (Å²) in [5, 5.41) is 3.11. The van der Waals surface area contributed by atoms with Gasteiger partial charge in [0.2, 0.25) is 5.91 Å². The monoisotopic (exact) mass is 383 g/mol. The first kappa shape index (κ1) is 19.4. The Morgan fingerprint density at radius 2 is 1.82 bits per heavy atom. The second-order valence-electron chi connectivity index (χ2n) is 8.79. The molecule has 2 fully saturated rings. The molecule has 1 atom stereocenters. The minimum atomic E-state index is 0.0165. The van der Waals surface area contributed by atoms with E-state index in [-0.39, 0.29) is 11.8 Å². The van der Waals surface area contributed by atoms with E-state index < -0.39 is 0 Å². The van der Waals surface area contributed by atoms with Crippen molar-refractivity contribution in [2.75, 3.05) is 32.7 Å². The number of amides is 2. The average Bonchev–Trinajstić information content (AvgIpc) is 2.87. The smallest absolute Gasteiger partial charge is 0.251 e. The zero-order valence-corrected chi connectivity index (χ0v) is 17.1. The van der Waals surface area contributed by atoms with Crippen LogP contribution in [0.4, 0.5) is 0 Å². The van der Waals surface area contributed by atoms with E-state index in [4.69, 9.17) is 0 Å². The predicted octanol–water partition coefficient (Wildman–Crippen LogP) is 2.63. The first-order valence-corrected chi connectivity index (χ1v) is 11.0. The summed E-state index contributed by atoms with van der Waals surface area (Å²) in [5.41, 5.74) is 3.52. The molecule has 152 valence electrons. The summed E-state index contributed by atoms with van der Waals surface area (Å²) >= 11 is 0. The van der Waals surface area contributed by atoms with Crippen LogP contribution in [-0.2, 0) is 17.6 Å². The lowest BCUT2D eigenvalue weighted by molar-refractivity contribution is -0.130. The van der Waals surface area contributed by atoms with Crippen molar-refractivity contribution in [3.63, 3.8) is 0 Å². The van der Waals surface area contributed by atoms with Gasteiger partial charge in [-0.05, 0) is 67.7 Å². The van der Waals surface area contributed by atoms with Crippen molar-refractivity contribution >= 4 is 11.8 Å². The maximum Gasteiger partial charge on any atom is 0.251 e. The highest BCUT2D eigenvalue weighted by Crippen LogP contribution is 2.27. The fraction of sp³-hybridized carbons (Fsp3) is 0.652. The third-order valence-electron chi connectivity index (χ3n) is 6.91. The molecule has 0 aromatic heterocycles. The molecule has 28 heavy (non-hydrogen) atoms. The van der Waals surface area contributed by atoms with Crippen molar-refractivity contribution in [1.82, 2.24) is 15.1 Å². The standard InChI is InChI=1S/C23H33N3O2/c1-17(27)26-11-3-4-18(16-26)15-24-23(28)21-8-7-19-9-12-25(22-5-2-6-22)13-10-20(19)14-21/h7-8,14,18,22H,2-6,9-13,15-16H2,1H3,(H,24,28). The summed E-state index contributed by atoms with van der Waals surface area (Å²) in [6.45, 7) is 6.15. The van der Waals surface area contributed by atoms with Gasteiger partial charge in [0.15, 0.2) is 0 Å². The number of nitrogens with zero attached hydrogens (tertiary/aromatic N) is 2. The minimum Gasteiger partial charge on any atom is -0.352 e. The second kappa shape index (κ2) is 8.64. The van der Waals surface area contributed by atoms with Crippen LogP contribution in [0.3, 0.4) is 0 Å². The van der Waals surface area contributed by atoms with Gasteiger partial charge in [-0.25, -0.2) is 0 Å². The summed E-state index contributed by atoms with van der Waals surface area (Å²) in [5.74, 6) is 0.513. The number of fused-ring (bicyclic) bond motifs is 1. The SMILES string of the molecule is CC(=O)N1CCCC(CNC(=O)c2ccc3c(c2)CCN(C2CCC2)CC3)C1. The molecular weight excluding hydrogens is 350 g/mol. The van der Waals surface area contributed by atoms with Gasteiger partial charge in [0, 0.05) is 51.3 Å². The maximum atomic E-state index is 12.7. The fourth-order valence-electron chi connectivity index (χ4n) is 4.86. The molecular formula is C23H33N3O2. The van der Waals surface area contributed by atoms with Gasteiger partial charge in [-0.2, -0.15) is 0 Å². The summed E-state index contributed by atoms with van der Waals surface area (Å²) < 4.78 is 0. The van der Waals surface area contributed by atoms with E-state index in [0.717, 1.165) is 63.5 Å². The molecule has 5 nitrogen and oxygen atoms in total. The molecule has 1 aromatic carbocycles. The zero-order valence-electron chi connectivity index (χ0n) is 17.1. The fourth-order valence-corrected chi connectivity index (χ4v) is 4.86. The summed E-state index contributed by atoms with van der Waals surface area (Å²) in [6, 6.07) is 7.04. The molecule has 0 bridgehead atoms. The number of nitrogens with one attached hydrogen (secondary N) is 1. The topological polar surface area (TPSA) is 52.7 Å². The third kappa shape index (κ3) is 4.40. The van der Waals surface area contributed by atoms with Crippen LogP contribution in [0.25, 0.3) is 0 Å². The van der Waals surface area contributed by atoms with Crippen LogP contribution in [0.1, 0.15) is 60.5 Å². The lowest BCUT2D eigenvalue weighted by atomic mass is 9.91. The zero-order chi connectivity index (χ0) is 19.5. The highest BCUT2D eigenvalue weighted by Gasteiger charge is 2.27. The van der Waals surface area contributed by atoms with Gasteiger partial charge in [-0.1, -0.05) is 12.5 Å². The van der Waals surface area contributed by atoms with E-state index in [1.807, 2.05) is 11.0 Å². The molecule has 1 aromatic rings. The predicted molar refractivity (Wildman–Crippen MR) is 110 cm³/mol. The summed E-state index contributed by atoms with van der Waals surface area (Å²) in [4.78, 5) is 28.8. The van der Waals surface area contributed by atoms with Crippen LogP contribution in [0, 0.1) is 5.92 Å². The van der Waals surface area contributed by atoms with Crippen molar-refractivity contribution in [2.45, 2.75) is 57.9 Å². The van der Waals surface area contributed by atoms with Crippen LogP contribution in [0.15, 0.2) is 18.2 Å². The number of hydrogen-bond donors (Lipinski definition) is 1. The third-order valence-corrected chi connectivity index (χ3v) is 6.91. The minimum absolute atomic E-state index is 0.0165. The number of rotatable bonds is 4. The molecule has 4 rings (SSSR count). The maximum absolute atomic E-state index is 12.7. The molecule has 1 aliphatic carbocycles. The molecule has 0 spiro atoms. The first-order valence-electron chi connectivity index (χ1n) is 11.0. The van der Waals surface area contributed by atoms with Crippen LogP contribution < -0.4 is 5.32 Å². The molecule has 1 unspecified atom stereocenters. The summed E-state index contributed by atoms with van der Waals surface area (Å²) in [6.07, 6.45) is 8.32. The van der Waals surface area contributed by atoms with Crippen molar-refractivity contribution < 1.29 is 9.59 Å². The van der Waals surface area contributed by atoms with Crippen LogP contribution in [-0.4, -0.2) is 60.4 Å². The Labute approximate surface area is 168 Å². The highest BCUT2D eigenvalue weighted by atomic mass is 16.2. The average molecular weight is 384 g/mol. The van der Waals surface area contributed by atoms with E-state index in [0.29, 0.717) is 12.5 Å². The Hall–Kier alpha value is -1.88. The molecule has 5 heteroatoms. The second-order valence-corrected chi connectivity index (χ2v) is 8.79. The van der Waals surface area contributed by atoms with E-state index in [1.165, 1.54) is 30.4 Å². The molecule has 2 heterocycles. The Balaban J connectivity index is 1.33. The van der Waals surface area contributed by atoms with Gasteiger partial charge < -0.3 is 10.2 Å². The van der Waals surface area contributed by atoms with Crippen LogP contribution >= 0.6 is 0 Å². The first-order chi connectivity index (χ1) is 13.6. The molecule has 1 saturated carbocycles. The van der Waals surface area contributed by atoms with Crippen molar-refractivity contribution in [3.05, 3.63) is 34.9 Å². The molecule has 1 N–H and O–H groups in total. The van der Waals surface area contributed by atoms with Gasteiger partial charge in [-0.15, -0.1) is 0 Å². The lowest BCUT2D eigenvalue weighted by Gasteiger charge is -2.36. The van der Waals surface area contributed by atoms with Crippen molar-refractivity contribution in [1.29, 1.82) is 0 Å². The van der Waals surface area contributed by atoms with Crippen LogP contribution in [0.5, 0.6) is 0 Å². The van der Waals surface area contributed by atoms with Crippen molar-refractivity contribution in [2.24, 2.45) is 5.92 Å². The Kier molecular flexibility index (Phi) is 6.00. The molecule has 1 saturated heterocycles. The number of piperidine rings is 1. The van der Waals surface area contributed by atoms with Gasteiger partial charge in [0.25, 0.3) is 5.91 Å². The van der Waals surface area contributed by atoms with E-state index in [1.54, 1.807) is 6.92 Å². The molecule has 3 aliphatic rings. The van der Waals surface area contributed by atoms with Gasteiger partial charge in [0.1, 0.15) is 0 Å². The Bertz CT molecular complexity index is 729. The van der Waals surface area contributed by atoms with Gasteiger partial charge in [-0.3, -0.25) is 14.5 Å². The number of likely N-dealkylation sites (tertiary alicyclic amines) is 1. The normalized spacial score (nSPS) is 23.5. The number of benzene rings is 1. The molecule has 0 radical (unpaired) electrons. The Morgan fingerprint density at radius 3 is 2.54 bits per heavy atom. The van der Waals surface area contributed by atoms with Crippen LogP contribution in [0.2, 0.25) is 0 Å². The van der Waals surface area contributed by atoms with E-state index >= 15 is 0 Å². The van der Waals surface area contributed by atoms with Gasteiger partial charge in [0.05, 0.1) is 0 Å². The number of carbonyl (C=O) groups is 2.